The second kappa shape index (κ2) is 11.7. The molecule has 2 heterocycles. The molecule has 2 rings (SSSR count). The van der Waals surface area contributed by atoms with Crippen LogP contribution in [0.1, 0.15) is 42.3 Å². The van der Waals surface area contributed by atoms with Crippen molar-refractivity contribution < 1.29 is 9.53 Å². The van der Waals surface area contributed by atoms with E-state index in [1.54, 1.807) is 11.3 Å². The van der Waals surface area contributed by atoms with Crippen LogP contribution in [0.5, 0.6) is 0 Å². The minimum Gasteiger partial charge on any atom is -0.466 e. The quantitative estimate of drug-likeness (QED) is 0.285. The predicted octanol–water partition coefficient (Wildman–Crippen LogP) is 3.02. The monoisotopic (exact) mass is 494 g/mol. The highest BCUT2D eigenvalue weighted by Crippen LogP contribution is 2.19. The molecule has 26 heavy (non-hydrogen) atoms. The Bertz CT molecular complexity index is 598. The van der Waals surface area contributed by atoms with Crippen LogP contribution in [0.3, 0.4) is 0 Å². The zero-order chi connectivity index (χ0) is 18.2. The Labute approximate surface area is 177 Å². The number of esters is 1. The highest BCUT2D eigenvalue weighted by atomic mass is 127. The SMILES string of the molecule is CCOC(=O)C1CCN(C(=NC)NCCc2nc(CC)c(C)s2)CC1.I. The zero-order valence-electron chi connectivity index (χ0n) is 16.2. The maximum atomic E-state index is 11.8. The van der Waals surface area contributed by atoms with E-state index >= 15 is 0 Å². The van der Waals surface area contributed by atoms with Gasteiger partial charge in [0.05, 0.1) is 23.2 Å². The van der Waals surface area contributed by atoms with Gasteiger partial charge in [0.1, 0.15) is 0 Å². The van der Waals surface area contributed by atoms with Crippen LogP contribution in [0.25, 0.3) is 0 Å². The lowest BCUT2D eigenvalue weighted by atomic mass is 9.97. The van der Waals surface area contributed by atoms with E-state index in [1.165, 1.54) is 15.6 Å². The molecule has 1 aromatic heterocycles. The molecule has 0 saturated carbocycles. The van der Waals surface area contributed by atoms with Crippen molar-refractivity contribution in [1.29, 1.82) is 0 Å². The average molecular weight is 494 g/mol. The van der Waals surface area contributed by atoms with Crippen LogP contribution in [0.15, 0.2) is 4.99 Å². The molecule has 1 saturated heterocycles. The van der Waals surface area contributed by atoms with Crippen molar-refractivity contribution in [3.63, 3.8) is 0 Å². The number of nitrogens with one attached hydrogen (secondary N) is 1. The molecule has 148 valence electrons. The Hall–Kier alpha value is -0.900. The van der Waals surface area contributed by atoms with Gasteiger partial charge in [-0.25, -0.2) is 4.98 Å². The van der Waals surface area contributed by atoms with Gasteiger partial charge in [0, 0.05) is 38.0 Å². The minimum atomic E-state index is -0.0593. The molecule has 0 unspecified atom stereocenters. The number of ether oxygens (including phenoxy) is 1. The van der Waals surface area contributed by atoms with Gasteiger partial charge < -0.3 is 15.0 Å². The number of aliphatic imine (C=N–C) groups is 1. The predicted molar refractivity (Wildman–Crippen MR) is 118 cm³/mol. The maximum absolute atomic E-state index is 11.8. The van der Waals surface area contributed by atoms with Crippen LogP contribution in [0.4, 0.5) is 0 Å². The van der Waals surface area contributed by atoms with Gasteiger partial charge in [-0.05, 0) is 33.1 Å². The number of hydrogen-bond donors (Lipinski definition) is 1. The summed E-state index contributed by atoms with van der Waals surface area (Å²) in [5.41, 5.74) is 1.21. The van der Waals surface area contributed by atoms with Gasteiger partial charge in [-0.1, -0.05) is 6.92 Å². The Balaban J connectivity index is 0.00000338. The molecule has 8 heteroatoms. The molecular weight excluding hydrogens is 463 g/mol. The summed E-state index contributed by atoms with van der Waals surface area (Å²) in [6.45, 7) is 9.08. The van der Waals surface area contributed by atoms with Crippen molar-refractivity contribution in [2.24, 2.45) is 10.9 Å². The second-order valence-corrected chi connectivity index (χ2v) is 7.49. The van der Waals surface area contributed by atoms with E-state index in [4.69, 9.17) is 4.74 Å². The summed E-state index contributed by atoms with van der Waals surface area (Å²) in [6, 6.07) is 0. The van der Waals surface area contributed by atoms with Gasteiger partial charge in [-0.2, -0.15) is 0 Å². The number of thiazole rings is 1. The summed E-state index contributed by atoms with van der Waals surface area (Å²) in [5.74, 6) is 0.877. The summed E-state index contributed by atoms with van der Waals surface area (Å²) in [7, 11) is 1.81. The molecule has 1 aliphatic rings. The first-order chi connectivity index (χ1) is 12.1. The number of hydrogen-bond acceptors (Lipinski definition) is 5. The lowest BCUT2D eigenvalue weighted by Gasteiger charge is -2.33. The lowest BCUT2D eigenvalue weighted by Crippen LogP contribution is -2.47. The van der Waals surface area contributed by atoms with Gasteiger partial charge >= 0.3 is 5.97 Å². The third-order valence-corrected chi connectivity index (χ3v) is 5.59. The Morgan fingerprint density at radius 2 is 2.08 bits per heavy atom. The number of carbonyl (C=O) groups is 1. The van der Waals surface area contributed by atoms with Gasteiger partial charge in [0.2, 0.25) is 0 Å². The maximum Gasteiger partial charge on any atom is 0.309 e. The molecule has 0 amide bonds. The highest BCUT2D eigenvalue weighted by Gasteiger charge is 2.27. The number of rotatable bonds is 6. The Morgan fingerprint density at radius 3 is 2.62 bits per heavy atom. The summed E-state index contributed by atoms with van der Waals surface area (Å²) in [4.78, 5) is 24.4. The van der Waals surface area contributed by atoms with Crippen LogP contribution < -0.4 is 5.32 Å². The molecule has 0 bridgehead atoms. The molecular formula is C18H31IN4O2S. The fourth-order valence-corrected chi connectivity index (χ4v) is 4.14. The third kappa shape index (κ3) is 6.37. The number of aryl methyl sites for hydroxylation is 2. The number of nitrogens with zero attached hydrogens (tertiary/aromatic N) is 3. The van der Waals surface area contributed by atoms with Gasteiger partial charge in [-0.15, -0.1) is 35.3 Å². The number of halogens is 1. The van der Waals surface area contributed by atoms with E-state index in [0.717, 1.165) is 51.3 Å². The van der Waals surface area contributed by atoms with Crippen LogP contribution >= 0.6 is 35.3 Å². The van der Waals surface area contributed by atoms with Crippen LogP contribution in [-0.2, 0) is 22.4 Å². The first-order valence-corrected chi connectivity index (χ1v) is 9.98. The van der Waals surface area contributed by atoms with Crippen LogP contribution in [-0.4, -0.2) is 55.1 Å². The fourth-order valence-electron chi connectivity index (χ4n) is 3.12. The normalized spacial score (nSPS) is 15.5. The van der Waals surface area contributed by atoms with E-state index in [0.29, 0.717) is 6.61 Å². The minimum absolute atomic E-state index is 0. The van der Waals surface area contributed by atoms with Crippen molar-refractivity contribution in [2.45, 2.75) is 46.5 Å². The molecule has 0 aromatic carbocycles. The zero-order valence-corrected chi connectivity index (χ0v) is 19.4. The van der Waals surface area contributed by atoms with Gasteiger partial charge in [0.25, 0.3) is 0 Å². The first-order valence-electron chi connectivity index (χ1n) is 9.16. The largest absolute Gasteiger partial charge is 0.466 e. The van der Waals surface area contributed by atoms with Gasteiger partial charge in [-0.3, -0.25) is 9.79 Å². The molecule has 0 spiro atoms. The van der Waals surface area contributed by atoms with E-state index < -0.39 is 0 Å². The number of carbonyl (C=O) groups excluding carboxylic acids is 1. The standard InChI is InChI=1S/C18H30N4O2S.HI/c1-5-15-13(3)25-16(21-15)7-10-20-18(19-4)22-11-8-14(9-12-22)17(23)24-6-2;/h14H,5-12H2,1-4H3,(H,19,20);1H. The number of piperidine rings is 1. The van der Waals surface area contributed by atoms with Crippen molar-refractivity contribution in [3.05, 3.63) is 15.6 Å². The van der Waals surface area contributed by atoms with Crippen molar-refractivity contribution in [1.82, 2.24) is 15.2 Å². The van der Waals surface area contributed by atoms with Crippen molar-refractivity contribution >= 4 is 47.2 Å². The molecule has 1 aliphatic heterocycles. The third-order valence-electron chi connectivity index (χ3n) is 4.52. The molecule has 1 N–H and O–H groups in total. The highest BCUT2D eigenvalue weighted by molar-refractivity contribution is 14.0. The molecule has 1 aromatic rings. The Kier molecular flexibility index (Phi) is 10.4. The molecule has 0 radical (unpaired) electrons. The van der Waals surface area contributed by atoms with Gasteiger partial charge in [0.15, 0.2) is 5.96 Å². The topological polar surface area (TPSA) is 66.8 Å². The smallest absolute Gasteiger partial charge is 0.309 e. The molecule has 1 fully saturated rings. The van der Waals surface area contributed by atoms with E-state index in [1.807, 2.05) is 14.0 Å². The van der Waals surface area contributed by atoms with E-state index in [2.05, 4.69) is 34.0 Å². The molecule has 0 atom stereocenters. The van der Waals surface area contributed by atoms with Crippen molar-refractivity contribution in [2.75, 3.05) is 33.3 Å². The fraction of sp³-hybridized carbons (Fsp3) is 0.722. The summed E-state index contributed by atoms with van der Waals surface area (Å²) in [6.07, 6.45) is 3.55. The molecule has 6 nitrogen and oxygen atoms in total. The Morgan fingerprint density at radius 1 is 1.38 bits per heavy atom. The van der Waals surface area contributed by atoms with E-state index in [-0.39, 0.29) is 35.9 Å². The van der Waals surface area contributed by atoms with Crippen LogP contribution in [0, 0.1) is 12.8 Å². The number of aromatic nitrogens is 1. The first kappa shape index (κ1) is 23.1. The van der Waals surface area contributed by atoms with Crippen LogP contribution in [0.2, 0.25) is 0 Å². The summed E-state index contributed by atoms with van der Waals surface area (Å²) in [5, 5.41) is 4.61. The summed E-state index contributed by atoms with van der Waals surface area (Å²) < 4.78 is 5.13. The lowest BCUT2D eigenvalue weighted by molar-refractivity contribution is -0.149. The second-order valence-electron chi connectivity index (χ2n) is 6.20. The van der Waals surface area contributed by atoms with Crippen molar-refractivity contribution in [3.8, 4) is 0 Å². The van der Waals surface area contributed by atoms with E-state index in [9.17, 15) is 4.79 Å². The molecule has 0 aliphatic carbocycles. The summed E-state index contributed by atoms with van der Waals surface area (Å²) >= 11 is 1.79. The number of likely N-dealkylation sites (tertiary alicyclic amines) is 1. The number of guanidine groups is 1. The average Bonchev–Trinajstić information content (AvgIpc) is 2.99.